The van der Waals surface area contributed by atoms with Gasteiger partial charge in [0, 0.05) is 25.2 Å². The molecule has 2 nitrogen and oxygen atoms in total. The highest BCUT2D eigenvalue weighted by Gasteiger charge is 2.38. The minimum Gasteiger partial charge on any atom is -0.300 e. The summed E-state index contributed by atoms with van der Waals surface area (Å²) in [6.45, 7) is 9.82. The Morgan fingerprint density at radius 2 is 1.69 bits per heavy atom. The third kappa shape index (κ3) is 1.75. The first-order valence-electron chi connectivity index (χ1n) is 5.83. The molecule has 0 unspecified atom stereocenters. The van der Waals surface area contributed by atoms with E-state index in [2.05, 4.69) is 23.6 Å². The van der Waals surface area contributed by atoms with Crippen LogP contribution in [-0.2, 0) is 0 Å². The zero-order chi connectivity index (χ0) is 9.26. The predicted molar refractivity (Wildman–Crippen MR) is 55.9 cm³/mol. The molecule has 2 saturated heterocycles. The van der Waals surface area contributed by atoms with Gasteiger partial charge in [-0.25, -0.2) is 0 Å². The third-order valence-electron chi connectivity index (χ3n) is 3.61. The van der Waals surface area contributed by atoms with Crippen LogP contribution in [0.2, 0.25) is 0 Å². The van der Waals surface area contributed by atoms with E-state index in [0.717, 1.165) is 12.1 Å². The van der Waals surface area contributed by atoms with Crippen LogP contribution in [-0.4, -0.2) is 48.1 Å². The molecule has 0 amide bonds. The number of fused-ring (bicyclic) bond motifs is 2. The molecule has 76 valence electrons. The van der Waals surface area contributed by atoms with Crippen molar-refractivity contribution in [3.05, 3.63) is 0 Å². The van der Waals surface area contributed by atoms with Crippen molar-refractivity contribution in [2.24, 2.45) is 0 Å². The van der Waals surface area contributed by atoms with Crippen molar-refractivity contribution < 1.29 is 0 Å². The number of likely N-dealkylation sites (N-methyl/N-ethyl adjacent to an activating group) is 1. The van der Waals surface area contributed by atoms with Crippen molar-refractivity contribution in [2.45, 2.75) is 45.2 Å². The Bertz CT molecular complexity index is 155. The Hall–Kier alpha value is -0.0800. The van der Waals surface area contributed by atoms with Crippen molar-refractivity contribution in [2.75, 3.05) is 26.2 Å². The van der Waals surface area contributed by atoms with Crippen molar-refractivity contribution in [3.8, 4) is 0 Å². The van der Waals surface area contributed by atoms with Crippen LogP contribution < -0.4 is 0 Å². The second kappa shape index (κ2) is 3.97. The standard InChI is InChI=1S/C11H22N2/c1-3-7-12-8-10-5-6-11(9-12)13(10)4-2/h10-11H,3-9H2,1-2H3/t10-,11+. The van der Waals surface area contributed by atoms with Gasteiger partial charge in [0.1, 0.15) is 0 Å². The predicted octanol–water partition coefficient (Wildman–Crippen LogP) is 1.56. The smallest absolute Gasteiger partial charge is 0.0227 e. The number of piperazine rings is 1. The molecule has 2 heteroatoms. The van der Waals surface area contributed by atoms with Gasteiger partial charge in [0.15, 0.2) is 0 Å². The van der Waals surface area contributed by atoms with Gasteiger partial charge in [-0.1, -0.05) is 13.8 Å². The van der Waals surface area contributed by atoms with E-state index < -0.39 is 0 Å². The Morgan fingerprint density at radius 3 is 2.15 bits per heavy atom. The lowest BCUT2D eigenvalue weighted by atomic mass is 10.2. The van der Waals surface area contributed by atoms with Gasteiger partial charge in [-0.05, 0) is 32.4 Å². The van der Waals surface area contributed by atoms with Gasteiger partial charge in [0.2, 0.25) is 0 Å². The first kappa shape index (κ1) is 9.47. The van der Waals surface area contributed by atoms with Crippen LogP contribution in [0, 0.1) is 0 Å². The molecule has 2 rings (SSSR count). The van der Waals surface area contributed by atoms with Crippen molar-refractivity contribution in [3.63, 3.8) is 0 Å². The largest absolute Gasteiger partial charge is 0.300 e. The lowest BCUT2D eigenvalue weighted by Gasteiger charge is -2.40. The molecule has 0 aliphatic carbocycles. The fraction of sp³-hybridized carbons (Fsp3) is 1.00. The summed E-state index contributed by atoms with van der Waals surface area (Å²) >= 11 is 0. The van der Waals surface area contributed by atoms with Crippen LogP contribution in [0.3, 0.4) is 0 Å². The van der Waals surface area contributed by atoms with Gasteiger partial charge in [0.05, 0.1) is 0 Å². The fourth-order valence-corrected chi connectivity index (χ4v) is 3.09. The van der Waals surface area contributed by atoms with Gasteiger partial charge < -0.3 is 4.90 Å². The molecule has 2 atom stereocenters. The van der Waals surface area contributed by atoms with Crippen LogP contribution in [0.5, 0.6) is 0 Å². The van der Waals surface area contributed by atoms with Gasteiger partial charge in [-0.15, -0.1) is 0 Å². The molecule has 13 heavy (non-hydrogen) atoms. The number of hydrogen-bond donors (Lipinski definition) is 0. The number of nitrogens with zero attached hydrogens (tertiary/aromatic N) is 2. The third-order valence-corrected chi connectivity index (χ3v) is 3.61. The Balaban J connectivity index is 1.94. The monoisotopic (exact) mass is 182 g/mol. The molecule has 0 spiro atoms. The maximum Gasteiger partial charge on any atom is 0.0227 e. The SMILES string of the molecule is CCCN1C[C@H]2CC[C@@H](C1)N2CC. The first-order valence-corrected chi connectivity index (χ1v) is 5.83. The number of likely N-dealkylation sites (tertiary alicyclic amines) is 1. The Morgan fingerprint density at radius 1 is 1.08 bits per heavy atom. The van der Waals surface area contributed by atoms with E-state index in [4.69, 9.17) is 0 Å². The highest BCUT2D eigenvalue weighted by atomic mass is 15.3. The van der Waals surface area contributed by atoms with E-state index in [-0.39, 0.29) is 0 Å². The molecule has 2 fully saturated rings. The van der Waals surface area contributed by atoms with Gasteiger partial charge in [-0.2, -0.15) is 0 Å². The lowest BCUT2D eigenvalue weighted by Crippen LogP contribution is -2.53. The summed E-state index contributed by atoms with van der Waals surface area (Å²) in [7, 11) is 0. The molecule has 0 aromatic rings. The molecule has 0 saturated carbocycles. The molecule has 0 radical (unpaired) electrons. The first-order chi connectivity index (χ1) is 6.35. The maximum atomic E-state index is 2.71. The highest BCUT2D eigenvalue weighted by Crippen LogP contribution is 2.29. The molecular formula is C11H22N2. The Kier molecular flexibility index (Phi) is 2.89. The maximum absolute atomic E-state index is 2.71. The normalized spacial score (nSPS) is 35.5. The van der Waals surface area contributed by atoms with E-state index in [1.165, 1.54) is 45.4 Å². The molecular weight excluding hydrogens is 160 g/mol. The molecule has 0 aromatic heterocycles. The summed E-state index contributed by atoms with van der Waals surface area (Å²) in [5.74, 6) is 0. The van der Waals surface area contributed by atoms with Crippen LogP contribution in [0.15, 0.2) is 0 Å². The summed E-state index contributed by atoms with van der Waals surface area (Å²) < 4.78 is 0. The topological polar surface area (TPSA) is 6.48 Å². The van der Waals surface area contributed by atoms with Crippen molar-refractivity contribution in [1.29, 1.82) is 0 Å². The van der Waals surface area contributed by atoms with Gasteiger partial charge in [-0.3, -0.25) is 4.90 Å². The second-order valence-corrected chi connectivity index (χ2v) is 4.48. The lowest BCUT2D eigenvalue weighted by molar-refractivity contribution is 0.0716. The summed E-state index contributed by atoms with van der Waals surface area (Å²) in [6, 6.07) is 1.77. The zero-order valence-corrected chi connectivity index (χ0v) is 9.00. The fourth-order valence-electron chi connectivity index (χ4n) is 3.09. The number of rotatable bonds is 3. The average molecular weight is 182 g/mol. The Labute approximate surface area is 81.9 Å². The van der Waals surface area contributed by atoms with Gasteiger partial charge >= 0.3 is 0 Å². The minimum absolute atomic E-state index is 0.885. The quantitative estimate of drug-likeness (QED) is 0.653. The van der Waals surface area contributed by atoms with Crippen LogP contribution >= 0.6 is 0 Å². The van der Waals surface area contributed by atoms with Crippen LogP contribution in [0.25, 0.3) is 0 Å². The van der Waals surface area contributed by atoms with Crippen LogP contribution in [0.1, 0.15) is 33.1 Å². The minimum atomic E-state index is 0.885. The molecule has 2 bridgehead atoms. The van der Waals surface area contributed by atoms with Crippen molar-refractivity contribution >= 4 is 0 Å². The van der Waals surface area contributed by atoms with E-state index in [1.54, 1.807) is 0 Å². The average Bonchev–Trinajstić information content (AvgIpc) is 2.37. The summed E-state index contributed by atoms with van der Waals surface area (Å²) in [6.07, 6.45) is 4.20. The van der Waals surface area contributed by atoms with E-state index >= 15 is 0 Å². The van der Waals surface area contributed by atoms with E-state index in [1.807, 2.05) is 0 Å². The van der Waals surface area contributed by atoms with E-state index in [9.17, 15) is 0 Å². The summed E-state index contributed by atoms with van der Waals surface area (Å²) in [5, 5.41) is 0. The molecule has 2 aliphatic heterocycles. The van der Waals surface area contributed by atoms with Crippen LogP contribution in [0.4, 0.5) is 0 Å². The van der Waals surface area contributed by atoms with Crippen molar-refractivity contribution in [1.82, 2.24) is 9.80 Å². The summed E-state index contributed by atoms with van der Waals surface area (Å²) in [4.78, 5) is 5.38. The van der Waals surface area contributed by atoms with E-state index in [0.29, 0.717) is 0 Å². The van der Waals surface area contributed by atoms with Gasteiger partial charge in [0.25, 0.3) is 0 Å². The second-order valence-electron chi connectivity index (χ2n) is 4.48. The molecule has 0 aromatic carbocycles. The summed E-state index contributed by atoms with van der Waals surface area (Å²) in [5.41, 5.74) is 0. The zero-order valence-electron chi connectivity index (χ0n) is 9.00. The molecule has 0 N–H and O–H groups in total. The molecule has 2 heterocycles. The number of hydrogen-bond acceptors (Lipinski definition) is 2. The highest BCUT2D eigenvalue weighted by molar-refractivity contribution is 4.94. The molecule has 2 aliphatic rings.